The zero-order valence-electron chi connectivity index (χ0n) is 8.87. The Morgan fingerprint density at radius 3 is 2.47 bits per heavy atom. The number of nitrogens with zero attached hydrogens (tertiary/aromatic N) is 1. The van der Waals surface area contributed by atoms with E-state index in [1.165, 1.54) is 18.4 Å². The second-order valence-corrected chi connectivity index (χ2v) is 4.17. The van der Waals surface area contributed by atoms with Gasteiger partial charge in [-0.15, -0.1) is 0 Å². The van der Waals surface area contributed by atoms with Crippen LogP contribution in [0.3, 0.4) is 0 Å². The molecule has 2 rings (SSSR count). The van der Waals surface area contributed by atoms with Crippen molar-refractivity contribution in [3.8, 4) is 6.07 Å². The molecule has 1 aromatic carbocycles. The van der Waals surface area contributed by atoms with Crippen LogP contribution >= 0.6 is 0 Å². The van der Waals surface area contributed by atoms with Gasteiger partial charge in [0.25, 0.3) is 0 Å². The van der Waals surface area contributed by atoms with E-state index in [1.54, 1.807) is 0 Å². The van der Waals surface area contributed by atoms with Gasteiger partial charge in [0, 0.05) is 5.54 Å². The lowest BCUT2D eigenvalue weighted by atomic mass is 9.88. The van der Waals surface area contributed by atoms with Crippen molar-refractivity contribution in [2.45, 2.75) is 31.2 Å². The first-order chi connectivity index (χ1) is 7.37. The molecule has 1 aliphatic carbocycles. The molecule has 0 aliphatic heterocycles. The molecular weight excluding hydrogens is 184 g/mol. The molecule has 0 unspecified atom stereocenters. The second-order valence-electron chi connectivity index (χ2n) is 4.17. The Balaban J connectivity index is 2.23. The summed E-state index contributed by atoms with van der Waals surface area (Å²) in [4.78, 5) is 0. The van der Waals surface area contributed by atoms with Crippen LogP contribution in [0.1, 0.15) is 31.2 Å². The van der Waals surface area contributed by atoms with E-state index < -0.39 is 0 Å². The molecule has 78 valence electrons. The van der Waals surface area contributed by atoms with Crippen molar-refractivity contribution in [3.63, 3.8) is 0 Å². The van der Waals surface area contributed by atoms with E-state index >= 15 is 0 Å². The Morgan fingerprint density at radius 2 is 1.87 bits per heavy atom. The van der Waals surface area contributed by atoms with Gasteiger partial charge < -0.3 is 0 Å². The summed E-state index contributed by atoms with van der Waals surface area (Å²) >= 11 is 0. The molecule has 15 heavy (non-hydrogen) atoms. The van der Waals surface area contributed by atoms with Gasteiger partial charge in [-0.1, -0.05) is 43.2 Å². The Kier molecular flexibility index (Phi) is 3.03. The topological polar surface area (TPSA) is 35.8 Å². The van der Waals surface area contributed by atoms with Crippen molar-refractivity contribution in [2.24, 2.45) is 0 Å². The molecule has 0 aromatic heterocycles. The second kappa shape index (κ2) is 4.46. The maximum absolute atomic E-state index is 8.68. The van der Waals surface area contributed by atoms with Crippen LogP contribution in [0.5, 0.6) is 0 Å². The van der Waals surface area contributed by atoms with E-state index in [2.05, 4.69) is 35.7 Å². The Morgan fingerprint density at radius 1 is 1.20 bits per heavy atom. The molecule has 0 bridgehead atoms. The summed E-state index contributed by atoms with van der Waals surface area (Å²) < 4.78 is 0. The van der Waals surface area contributed by atoms with Gasteiger partial charge in [-0.3, -0.25) is 5.32 Å². The molecule has 2 nitrogen and oxygen atoms in total. The summed E-state index contributed by atoms with van der Waals surface area (Å²) in [5.74, 6) is 0. The third-order valence-electron chi connectivity index (χ3n) is 3.29. The van der Waals surface area contributed by atoms with Gasteiger partial charge in [-0.25, -0.2) is 0 Å². The highest BCUT2D eigenvalue weighted by Crippen LogP contribution is 2.38. The Labute approximate surface area is 90.9 Å². The SMILES string of the molecule is N#CCNC1(c2ccccc2)CCCC1. The Bertz CT molecular complexity index is 345. The van der Waals surface area contributed by atoms with E-state index in [4.69, 9.17) is 5.26 Å². The van der Waals surface area contributed by atoms with E-state index in [0.717, 1.165) is 12.8 Å². The van der Waals surface area contributed by atoms with Crippen molar-refractivity contribution in [2.75, 3.05) is 6.54 Å². The summed E-state index contributed by atoms with van der Waals surface area (Å²) in [5, 5.41) is 12.1. The monoisotopic (exact) mass is 200 g/mol. The predicted octanol–water partition coefficient (Wildman–Crippen LogP) is 2.57. The first-order valence-corrected chi connectivity index (χ1v) is 5.55. The first kappa shape index (κ1) is 10.2. The molecule has 0 saturated heterocycles. The summed E-state index contributed by atoms with van der Waals surface area (Å²) in [5.41, 5.74) is 1.40. The normalized spacial score (nSPS) is 18.6. The van der Waals surface area contributed by atoms with Gasteiger partial charge in [0.15, 0.2) is 0 Å². The predicted molar refractivity (Wildman–Crippen MR) is 60.2 cm³/mol. The van der Waals surface area contributed by atoms with Crippen LogP contribution in [-0.2, 0) is 5.54 Å². The maximum Gasteiger partial charge on any atom is 0.0847 e. The molecule has 0 radical (unpaired) electrons. The molecule has 0 amide bonds. The Hall–Kier alpha value is -1.33. The molecular formula is C13H16N2. The third kappa shape index (κ3) is 2.03. The number of nitriles is 1. The van der Waals surface area contributed by atoms with Gasteiger partial charge in [0.1, 0.15) is 0 Å². The van der Waals surface area contributed by atoms with Crippen LogP contribution in [0.25, 0.3) is 0 Å². The number of nitrogens with one attached hydrogen (secondary N) is 1. The minimum Gasteiger partial charge on any atom is -0.295 e. The lowest BCUT2D eigenvalue weighted by Crippen LogP contribution is -2.39. The molecule has 2 heteroatoms. The number of rotatable bonds is 3. The molecule has 1 saturated carbocycles. The van der Waals surface area contributed by atoms with E-state index in [1.807, 2.05) is 6.07 Å². The van der Waals surface area contributed by atoms with Crippen LogP contribution in [0.2, 0.25) is 0 Å². The van der Waals surface area contributed by atoms with Crippen LogP contribution in [-0.4, -0.2) is 6.54 Å². The lowest BCUT2D eigenvalue weighted by molar-refractivity contribution is 0.359. The van der Waals surface area contributed by atoms with E-state index in [9.17, 15) is 0 Å². The van der Waals surface area contributed by atoms with Gasteiger partial charge in [-0.05, 0) is 18.4 Å². The fraction of sp³-hybridized carbons (Fsp3) is 0.462. The van der Waals surface area contributed by atoms with Crippen LogP contribution in [0.4, 0.5) is 0 Å². The molecule has 1 aliphatic rings. The molecule has 0 spiro atoms. The van der Waals surface area contributed by atoms with Gasteiger partial charge in [-0.2, -0.15) is 5.26 Å². The van der Waals surface area contributed by atoms with Crippen molar-refractivity contribution < 1.29 is 0 Å². The highest BCUT2D eigenvalue weighted by Gasteiger charge is 2.34. The summed E-state index contributed by atoms with van der Waals surface area (Å²) in [6.45, 7) is 0.439. The van der Waals surface area contributed by atoms with Gasteiger partial charge in [0.2, 0.25) is 0 Å². The zero-order valence-corrected chi connectivity index (χ0v) is 8.87. The van der Waals surface area contributed by atoms with Crippen molar-refractivity contribution in [1.82, 2.24) is 5.32 Å². The van der Waals surface area contributed by atoms with Crippen LogP contribution in [0.15, 0.2) is 30.3 Å². The van der Waals surface area contributed by atoms with Crippen molar-refractivity contribution in [1.29, 1.82) is 5.26 Å². The molecule has 0 heterocycles. The third-order valence-corrected chi connectivity index (χ3v) is 3.29. The van der Waals surface area contributed by atoms with Crippen LogP contribution < -0.4 is 5.32 Å². The molecule has 0 atom stereocenters. The van der Waals surface area contributed by atoms with Gasteiger partial charge >= 0.3 is 0 Å². The number of hydrogen-bond acceptors (Lipinski definition) is 2. The fourth-order valence-corrected chi connectivity index (χ4v) is 2.51. The average Bonchev–Trinajstić information content (AvgIpc) is 2.78. The van der Waals surface area contributed by atoms with E-state index in [0.29, 0.717) is 6.54 Å². The summed E-state index contributed by atoms with van der Waals surface area (Å²) in [6.07, 6.45) is 4.82. The highest BCUT2D eigenvalue weighted by atomic mass is 15.0. The fourth-order valence-electron chi connectivity index (χ4n) is 2.51. The first-order valence-electron chi connectivity index (χ1n) is 5.55. The summed E-state index contributed by atoms with van der Waals surface area (Å²) in [6, 6.07) is 12.7. The molecule has 1 fully saturated rings. The quantitative estimate of drug-likeness (QED) is 0.761. The summed E-state index contributed by atoms with van der Waals surface area (Å²) in [7, 11) is 0. The van der Waals surface area contributed by atoms with Crippen molar-refractivity contribution >= 4 is 0 Å². The zero-order chi connectivity index (χ0) is 10.6. The average molecular weight is 200 g/mol. The molecule has 1 aromatic rings. The smallest absolute Gasteiger partial charge is 0.0847 e. The van der Waals surface area contributed by atoms with Crippen molar-refractivity contribution in [3.05, 3.63) is 35.9 Å². The van der Waals surface area contributed by atoms with E-state index in [-0.39, 0.29) is 5.54 Å². The standard InChI is InChI=1S/C13H16N2/c14-10-11-15-13(8-4-5-9-13)12-6-2-1-3-7-12/h1-3,6-7,15H,4-5,8-9,11H2. The number of benzene rings is 1. The van der Waals surface area contributed by atoms with Gasteiger partial charge in [0.05, 0.1) is 12.6 Å². The lowest BCUT2D eigenvalue weighted by Gasteiger charge is -2.30. The molecule has 1 N–H and O–H groups in total. The maximum atomic E-state index is 8.68. The number of hydrogen-bond donors (Lipinski definition) is 1. The van der Waals surface area contributed by atoms with Crippen LogP contribution in [0, 0.1) is 11.3 Å². The minimum atomic E-state index is 0.0665. The largest absolute Gasteiger partial charge is 0.295 e. The highest BCUT2D eigenvalue weighted by molar-refractivity contribution is 5.25. The minimum absolute atomic E-state index is 0.0665.